The van der Waals surface area contributed by atoms with Crippen LogP contribution in [-0.2, 0) is 16.0 Å². The SMILES string of the molecule is O=C1NCC2(CCCN(C(=O)CCc3ccc(=O)[nH]n3)C2)O1. The Hall–Kier alpha value is -2.38. The first-order valence-corrected chi connectivity index (χ1v) is 7.36. The lowest BCUT2D eigenvalue weighted by atomic mass is 9.93. The monoisotopic (exact) mass is 306 g/mol. The Labute approximate surface area is 126 Å². The van der Waals surface area contributed by atoms with E-state index in [4.69, 9.17) is 4.74 Å². The van der Waals surface area contributed by atoms with Crippen molar-refractivity contribution in [1.29, 1.82) is 0 Å². The van der Waals surface area contributed by atoms with Crippen molar-refractivity contribution in [3.8, 4) is 0 Å². The molecule has 1 aromatic heterocycles. The fourth-order valence-electron chi connectivity index (χ4n) is 2.95. The van der Waals surface area contributed by atoms with Crippen LogP contribution in [0.25, 0.3) is 0 Å². The second-order valence-electron chi connectivity index (χ2n) is 5.76. The van der Waals surface area contributed by atoms with Gasteiger partial charge in [-0.25, -0.2) is 9.89 Å². The molecule has 0 aromatic carbocycles. The lowest BCUT2D eigenvalue weighted by Gasteiger charge is -2.38. The van der Waals surface area contributed by atoms with Crippen molar-refractivity contribution < 1.29 is 14.3 Å². The number of ether oxygens (including phenoxy) is 1. The van der Waals surface area contributed by atoms with Crippen molar-refractivity contribution in [1.82, 2.24) is 20.4 Å². The van der Waals surface area contributed by atoms with Gasteiger partial charge in [0.1, 0.15) is 5.60 Å². The number of aromatic nitrogens is 2. The number of piperidine rings is 1. The highest BCUT2D eigenvalue weighted by molar-refractivity contribution is 5.77. The fraction of sp³-hybridized carbons (Fsp3) is 0.571. The maximum absolute atomic E-state index is 12.3. The molecule has 2 saturated heterocycles. The number of nitrogens with one attached hydrogen (secondary N) is 2. The Morgan fingerprint density at radius 1 is 1.41 bits per heavy atom. The van der Waals surface area contributed by atoms with E-state index in [1.54, 1.807) is 11.0 Å². The van der Waals surface area contributed by atoms with Crippen molar-refractivity contribution in [2.75, 3.05) is 19.6 Å². The number of H-pyrrole nitrogens is 1. The van der Waals surface area contributed by atoms with Gasteiger partial charge in [-0.2, -0.15) is 5.10 Å². The van der Waals surface area contributed by atoms with Gasteiger partial charge in [0, 0.05) is 25.5 Å². The Morgan fingerprint density at radius 2 is 2.27 bits per heavy atom. The molecule has 0 bridgehead atoms. The molecule has 2 aliphatic rings. The number of aryl methyl sites for hydroxylation is 1. The van der Waals surface area contributed by atoms with Crippen molar-refractivity contribution in [3.63, 3.8) is 0 Å². The summed E-state index contributed by atoms with van der Waals surface area (Å²) in [6.45, 7) is 1.57. The summed E-state index contributed by atoms with van der Waals surface area (Å²) < 4.78 is 5.35. The van der Waals surface area contributed by atoms with E-state index in [2.05, 4.69) is 15.5 Å². The van der Waals surface area contributed by atoms with E-state index in [9.17, 15) is 14.4 Å². The van der Waals surface area contributed by atoms with Crippen LogP contribution in [0.3, 0.4) is 0 Å². The van der Waals surface area contributed by atoms with Crippen LogP contribution in [-0.4, -0.2) is 52.3 Å². The lowest BCUT2D eigenvalue weighted by molar-refractivity contribution is -0.136. The Kier molecular flexibility index (Phi) is 3.82. The van der Waals surface area contributed by atoms with E-state index in [1.807, 2.05) is 0 Å². The molecule has 1 unspecified atom stereocenters. The van der Waals surface area contributed by atoms with Crippen molar-refractivity contribution in [2.24, 2.45) is 0 Å². The summed E-state index contributed by atoms with van der Waals surface area (Å²) in [4.78, 5) is 36.3. The number of aromatic amines is 1. The van der Waals surface area contributed by atoms with Crippen LogP contribution >= 0.6 is 0 Å². The van der Waals surface area contributed by atoms with Gasteiger partial charge in [-0.1, -0.05) is 0 Å². The normalized spacial score (nSPS) is 24.2. The number of carbonyl (C=O) groups excluding carboxylic acids is 2. The standard InChI is InChI=1S/C14H18N4O4/c19-11-4-2-10(16-17-11)3-5-12(20)18-7-1-6-14(9-18)8-15-13(21)22-14/h2,4H,1,3,5-9H2,(H,15,21)(H,17,19). The number of hydrogen-bond donors (Lipinski definition) is 2. The van der Waals surface area contributed by atoms with E-state index in [-0.39, 0.29) is 11.5 Å². The van der Waals surface area contributed by atoms with Gasteiger partial charge in [-0.15, -0.1) is 0 Å². The highest BCUT2D eigenvalue weighted by Crippen LogP contribution is 2.28. The van der Waals surface area contributed by atoms with Crippen LogP contribution in [0.2, 0.25) is 0 Å². The first-order chi connectivity index (χ1) is 10.6. The van der Waals surface area contributed by atoms with Crippen LogP contribution < -0.4 is 10.9 Å². The predicted octanol–water partition coefficient (Wildman–Crippen LogP) is -0.196. The molecule has 118 valence electrons. The maximum Gasteiger partial charge on any atom is 0.407 e. The third-order valence-electron chi connectivity index (χ3n) is 4.09. The third-order valence-corrected chi connectivity index (χ3v) is 4.09. The van der Waals surface area contributed by atoms with E-state index in [1.165, 1.54) is 6.07 Å². The van der Waals surface area contributed by atoms with E-state index in [0.29, 0.717) is 38.2 Å². The van der Waals surface area contributed by atoms with Gasteiger partial charge in [-0.05, 0) is 18.9 Å². The molecule has 0 aliphatic carbocycles. The number of nitrogens with zero attached hydrogens (tertiary/aromatic N) is 2. The molecule has 1 atom stereocenters. The van der Waals surface area contributed by atoms with Gasteiger partial charge < -0.3 is 15.0 Å². The van der Waals surface area contributed by atoms with E-state index in [0.717, 1.165) is 12.8 Å². The Morgan fingerprint density at radius 3 is 2.95 bits per heavy atom. The van der Waals surface area contributed by atoms with Gasteiger partial charge in [0.05, 0.1) is 18.8 Å². The largest absolute Gasteiger partial charge is 0.439 e. The second-order valence-corrected chi connectivity index (χ2v) is 5.76. The number of likely N-dealkylation sites (tertiary alicyclic amines) is 1. The van der Waals surface area contributed by atoms with Crippen molar-refractivity contribution in [3.05, 3.63) is 28.2 Å². The van der Waals surface area contributed by atoms with Crippen molar-refractivity contribution in [2.45, 2.75) is 31.3 Å². The molecule has 0 saturated carbocycles. The third kappa shape index (κ3) is 3.10. The van der Waals surface area contributed by atoms with Crippen LogP contribution in [0, 0.1) is 0 Å². The average Bonchev–Trinajstić information content (AvgIpc) is 2.86. The summed E-state index contributed by atoms with van der Waals surface area (Å²) >= 11 is 0. The summed E-state index contributed by atoms with van der Waals surface area (Å²) in [5.74, 6) is 0.00928. The molecular weight excluding hydrogens is 288 g/mol. The lowest BCUT2D eigenvalue weighted by Crippen LogP contribution is -2.52. The number of alkyl carbamates (subject to hydrolysis) is 1. The molecule has 22 heavy (non-hydrogen) atoms. The minimum absolute atomic E-state index is 0.00928. The van der Waals surface area contributed by atoms with Crippen LogP contribution in [0.1, 0.15) is 25.0 Å². The summed E-state index contributed by atoms with van der Waals surface area (Å²) in [6, 6.07) is 3.01. The fourth-order valence-corrected chi connectivity index (χ4v) is 2.95. The number of rotatable bonds is 3. The zero-order valence-corrected chi connectivity index (χ0v) is 12.1. The minimum Gasteiger partial charge on any atom is -0.439 e. The number of carbonyl (C=O) groups is 2. The maximum atomic E-state index is 12.3. The van der Waals surface area contributed by atoms with Crippen molar-refractivity contribution >= 4 is 12.0 Å². The quantitative estimate of drug-likeness (QED) is 0.805. The zero-order chi connectivity index (χ0) is 15.6. The van der Waals surface area contributed by atoms with E-state index >= 15 is 0 Å². The zero-order valence-electron chi connectivity index (χ0n) is 12.1. The molecule has 8 nitrogen and oxygen atoms in total. The molecule has 2 amide bonds. The molecule has 3 heterocycles. The number of amides is 2. The van der Waals surface area contributed by atoms with Crippen LogP contribution in [0.5, 0.6) is 0 Å². The molecule has 0 radical (unpaired) electrons. The summed E-state index contributed by atoms with van der Waals surface area (Å²) in [5.41, 5.74) is -0.154. The Balaban J connectivity index is 1.56. The number of hydrogen-bond acceptors (Lipinski definition) is 5. The molecule has 3 rings (SSSR count). The van der Waals surface area contributed by atoms with Crippen LogP contribution in [0.15, 0.2) is 16.9 Å². The second kappa shape index (κ2) is 5.78. The van der Waals surface area contributed by atoms with E-state index < -0.39 is 11.7 Å². The molecule has 1 aromatic rings. The highest BCUT2D eigenvalue weighted by Gasteiger charge is 2.44. The molecule has 8 heteroatoms. The van der Waals surface area contributed by atoms with Gasteiger partial charge in [-0.3, -0.25) is 9.59 Å². The summed E-state index contributed by atoms with van der Waals surface area (Å²) in [7, 11) is 0. The molecule has 2 aliphatic heterocycles. The molecule has 2 N–H and O–H groups in total. The van der Waals surface area contributed by atoms with Gasteiger partial charge in [0.2, 0.25) is 5.91 Å². The van der Waals surface area contributed by atoms with Gasteiger partial charge >= 0.3 is 6.09 Å². The highest BCUT2D eigenvalue weighted by atomic mass is 16.6. The molecular formula is C14H18N4O4. The minimum atomic E-state index is -0.568. The summed E-state index contributed by atoms with van der Waals surface area (Å²) in [6.07, 6.45) is 1.97. The van der Waals surface area contributed by atoms with Gasteiger partial charge in [0.25, 0.3) is 5.56 Å². The molecule has 2 fully saturated rings. The molecule has 1 spiro atoms. The topological polar surface area (TPSA) is 104 Å². The Bertz CT molecular complexity index is 623. The van der Waals surface area contributed by atoms with Gasteiger partial charge in [0.15, 0.2) is 0 Å². The summed E-state index contributed by atoms with van der Waals surface area (Å²) in [5, 5.41) is 8.90. The predicted molar refractivity (Wildman–Crippen MR) is 76.2 cm³/mol. The first-order valence-electron chi connectivity index (χ1n) is 7.36. The first kappa shape index (κ1) is 14.6. The average molecular weight is 306 g/mol. The van der Waals surface area contributed by atoms with Crippen LogP contribution in [0.4, 0.5) is 4.79 Å². The smallest absolute Gasteiger partial charge is 0.407 e.